The maximum Gasteiger partial charge on any atom is 0.323 e. The van der Waals surface area contributed by atoms with E-state index in [4.69, 9.17) is 4.74 Å². The van der Waals surface area contributed by atoms with Gasteiger partial charge in [-0.1, -0.05) is 70.2 Å². The number of carbonyl (C=O) groups is 1. The van der Waals surface area contributed by atoms with E-state index in [0.29, 0.717) is 17.0 Å². The SMILES string of the molecule is C=C(C)Cn1c(=O)c(NC(=O)Nc2c(C(C)C)cccc2C(C)C)c(-c2cccc(OC)c2)c2cccnc21. The average Bonchev–Trinajstić information content (AvgIpc) is 2.90. The molecule has 7 heteroatoms. The molecule has 0 unspecified atom stereocenters. The highest BCUT2D eigenvalue weighted by molar-refractivity contribution is 6.07. The number of methoxy groups -OCH3 is 1. The first-order valence-electron chi connectivity index (χ1n) is 13.1. The lowest BCUT2D eigenvalue weighted by atomic mass is 9.93. The Morgan fingerprint density at radius 3 is 2.23 bits per heavy atom. The normalized spacial score (nSPS) is 11.2. The second-order valence-electron chi connectivity index (χ2n) is 10.4. The number of ether oxygens (including phenoxy) is 1. The first-order valence-corrected chi connectivity index (χ1v) is 13.1. The number of amides is 2. The van der Waals surface area contributed by atoms with Crippen LogP contribution in [0.1, 0.15) is 57.6 Å². The summed E-state index contributed by atoms with van der Waals surface area (Å²) in [5.41, 5.74) is 5.26. The molecule has 0 aliphatic heterocycles. The van der Waals surface area contributed by atoms with Crippen LogP contribution in [0.25, 0.3) is 22.2 Å². The van der Waals surface area contributed by atoms with Crippen molar-refractivity contribution < 1.29 is 9.53 Å². The van der Waals surface area contributed by atoms with Crippen LogP contribution in [0.2, 0.25) is 0 Å². The molecule has 0 aliphatic carbocycles. The molecule has 0 fully saturated rings. The summed E-state index contributed by atoms with van der Waals surface area (Å²) >= 11 is 0. The number of para-hydroxylation sites is 1. The number of benzene rings is 2. The van der Waals surface area contributed by atoms with Crippen LogP contribution < -0.4 is 20.9 Å². The molecule has 39 heavy (non-hydrogen) atoms. The summed E-state index contributed by atoms with van der Waals surface area (Å²) in [5.74, 6) is 1.04. The minimum atomic E-state index is -0.489. The zero-order valence-corrected chi connectivity index (χ0v) is 23.5. The summed E-state index contributed by atoms with van der Waals surface area (Å²) in [6.45, 7) is 14.5. The van der Waals surface area contributed by atoms with Gasteiger partial charge in [0.25, 0.3) is 5.56 Å². The maximum atomic E-state index is 14.0. The van der Waals surface area contributed by atoms with Gasteiger partial charge < -0.3 is 15.4 Å². The number of nitrogens with one attached hydrogen (secondary N) is 2. The Bertz CT molecular complexity index is 1580. The van der Waals surface area contributed by atoms with E-state index in [1.54, 1.807) is 17.9 Å². The molecule has 0 bridgehead atoms. The molecule has 2 N–H and O–H groups in total. The predicted octanol–water partition coefficient (Wildman–Crippen LogP) is 7.54. The number of allylic oxidation sites excluding steroid dienone is 1. The number of hydrogen-bond acceptors (Lipinski definition) is 4. The van der Waals surface area contributed by atoms with E-state index in [2.05, 4.69) is 49.9 Å². The number of carbonyl (C=O) groups excluding carboxylic acids is 1. The maximum absolute atomic E-state index is 14.0. The van der Waals surface area contributed by atoms with E-state index in [0.717, 1.165) is 33.3 Å². The third-order valence-electron chi connectivity index (χ3n) is 6.66. The van der Waals surface area contributed by atoms with Gasteiger partial charge in [0.05, 0.1) is 7.11 Å². The largest absolute Gasteiger partial charge is 0.497 e. The Balaban J connectivity index is 1.92. The number of anilines is 2. The Kier molecular flexibility index (Phi) is 8.19. The highest BCUT2D eigenvalue weighted by Crippen LogP contribution is 2.36. The van der Waals surface area contributed by atoms with Gasteiger partial charge in [0, 0.05) is 29.4 Å². The third-order valence-corrected chi connectivity index (χ3v) is 6.66. The Labute approximate surface area is 229 Å². The molecule has 2 aromatic heterocycles. The Morgan fingerprint density at radius 2 is 1.62 bits per heavy atom. The van der Waals surface area contributed by atoms with Crippen LogP contribution in [0, 0.1) is 0 Å². The summed E-state index contributed by atoms with van der Waals surface area (Å²) in [4.78, 5) is 32.2. The lowest BCUT2D eigenvalue weighted by Gasteiger charge is -2.22. The van der Waals surface area contributed by atoms with Gasteiger partial charge >= 0.3 is 6.03 Å². The van der Waals surface area contributed by atoms with Gasteiger partial charge in [0.1, 0.15) is 17.1 Å². The van der Waals surface area contributed by atoms with E-state index in [1.165, 1.54) is 0 Å². The molecule has 2 aromatic carbocycles. The standard InChI is InChI=1S/C32H36N4O3/c1-19(2)18-36-30-26(15-10-16-33-30)27(22-11-8-12-23(17-22)39-7)29(31(36)37)35-32(38)34-28-24(20(3)4)13-9-14-25(28)21(5)6/h8-17,20-21H,1,18H2,2-7H3,(H2,34,35,38). The molecular weight excluding hydrogens is 488 g/mol. The van der Waals surface area contributed by atoms with E-state index in [1.807, 2.05) is 61.5 Å². The molecule has 202 valence electrons. The second-order valence-corrected chi connectivity index (χ2v) is 10.4. The first-order chi connectivity index (χ1) is 18.6. The van der Waals surface area contributed by atoms with Crippen LogP contribution >= 0.6 is 0 Å². The van der Waals surface area contributed by atoms with Crippen molar-refractivity contribution in [1.29, 1.82) is 0 Å². The topological polar surface area (TPSA) is 85.2 Å². The molecule has 0 atom stereocenters. The summed E-state index contributed by atoms with van der Waals surface area (Å²) in [6.07, 6.45) is 1.65. The van der Waals surface area contributed by atoms with Gasteiger partial charge in [-0.25, -0.2) is 9.78 Å². The summed E-state index contributed by atoms with van der Waals surface area (Å²) in [6, 6.07) is 16.7. The van der Waals surface area contributed by atoms with Crippen molar-refractivity contribution in [3.05, 3.63) is 94.4 Å². The van der Waals surface area contributed by atoms with Crippen LogP contribution in [-0.2, 0) is 6.54 Å². The van der Waals surface area contributed by atoms with Gasteiger partial charge in [-0.2, -0.15) is 0 Å². The molecule has 4 rings (SSSR count). The van der Waals surface area contributed by atoms with Crippen LogP contribution in [0.5, 0.6) is 5.75 Å². The highest BCUT2D eigenvalue weighted by atomic mass is 16.5. The molecule has 0 aliphatic rings. The zero-order chi connectivity index (χ0) is 28.3. The van der Waals surface area contributed by atoms with Crippen LogP contribution in [0.3, 0.4) is 0 Å². The summed E-state index contributed by atoms with van der Waals surface area (Å²) in [5, 5.41) is 6.72. The lowest BCUT2D eigenvalue weighted by Crippen LogP contribution is -2.30. The monoisotopic (exact) mass is 524 g/mol. The fraction of sp³-hybridized carbons (Fsp3) is 0.281. The molecule has 2 amide bonds. The molecule has 0 radical (unpaired) electrons. The Morgan fingerprint density at radius 1 is 0.974 bits per heavy atom. The minimum Gasteiger partial charge on any atom is -0.497 e. The number of pyridine rings is 2. The van der Waals surface area contributed by atoms with Gasteiger partial charge in [-0.05, 0) is 59.7 Å². The predicted molar refractivity (Wildman–Crippen MR) is 160 cm³/mol. The average molecular weight is 525 g/mol. The van der Waals surface area contributed by atoms with Crippen LogP contribution in [0.15, 0.2) is 77.7 Å². The van der Waals surface area contributed by atoms with Crippen molar-refractivity contribution in [2.45, 2.75) is 53.0 Å². The van der Waals surface area contributed by atoms with E-state index < -0.39 is 6.03 Å². The van der Waals surface area contributed by atoms with E-state index in [-0.39, 0.29) is 29.6 Å². The second kappa shape index (κ2) is 11.6. The number of rotatable bonds is 8. The van der Waals surface area contributed by atoms with E-state index in [9.17, 15) is 9.59 Å². The van der Waals surface area contributed by atoms with Gasteiger partial charge in [0.15, 0.2) is 0 Å². The van der Waals surface area contributed by atoms with Gasteiger partial charge in [-0.15, -0.1) is 0 Å². The zero-order valence-electron chi connectivity index (χ0n) is 23.5. The lowest BCUT2D eigenvalue weighted by molar-refractivity contribution is 0.262. The molecule has 0 spiro atoms. The fourth-order valence-corrected chi connectivity index (χ4v) is 4.84. The van der Waals surface area contributed by atoms with E-state index >= 15 is 0 Å². The van der Waals surface area contributed by atoms with Gasteiger partial charge in [-0.3, -0.25) is 9.36 Å². The smallest absolute Gasteiger partial charge is 0.323 e. The number of nitrogens with zero attached hydrogens (tertiary/aromatic N) is 2. The molecule has 7 nitrogen and oxygen atoms in total. The van der Waals surface area contributed by atoms with Crippen molar-refractivity contribution in [2.75, 3.05) is 17.7 Å². The molecule has 0 saturated heterocycles. The number of hydrogen-bond donors (Lipinski definition) is 2. The number of fused-ring (bicyclic) bond motifs is 1. The molecule has 4 aromatic rings. The first kappa shape index (κ1) is 27.6. The fourth-order valence-electron chi connectivity index (χ4n) is 4.84. The summed E-state index contributed by atoms with van der Waals surface area (Å²) in [7, 11) is 1.59. The minimum absolute atomic E-state index is 0.163. The number of aromatic nitrogens is 2. The summed E-state index contributed by atoms with van der Waals surface area (Å²) < 4.78 is 7.01. The van der Waals surface area contributed by atoms with Crippen molar-refractivity contribution in [2.24, 2.45) is 0 Å². The van der Waals surface area contributed by atoms with Crippen molar-refractivity contribution >= 4 is 28.4 Å². The third kappa shape index (κ3) is 5.72. The van der Waals surface area contributed by atoms with Crippen molar-refractivity contribution in [3.63, 3.8) is 0 Å². The van der Waals surface area contributed by atoms with Crippen LogP contribution in [-0.4, -0.2) is 22.7 Å². The Hall–Kier alpha value is -4.39. The van der Waals surface area contributed by atoms with Crippen LogP contribution in [0.4, 0.5) is 16.2 Å². The number of urea groups is 1. The van der Waals surface area contributed by atoms with Crippen molar-refractivity contribution in [1.82, 2.24) is 9.55 Å². The van der Waals surface area contributed by atoms with Crippen molar-refractivity contribution in [3.8, 4) is 16.9 Å². The molecular formula is C32H36N4O3. The highest BCUT2D eigenvalue weighted by Gasteiger charge is 2.23. The molecule has 2 heterocycles. The van der Waals surface area contributed by atoms with Gasteiger partial charge in [0.2, 0.25) is 0 Å². The quantitative estimate of drug-likeness (QED) is 0.233. The molecule has 0 saturated carbocycles.